The normalized spacial score (nSPS) is 16.2. The van der Waals surface area contributed by atoms with Crippen LogP contribution in [0.2, 0.25) is 0 Å². The maximum Gasteiger partial charge on any atom is 0.225 e. The Morgan fingerprint density at radius 3 is 2.54 bits per heavy atom. The van der Waals surface area contributed by atoms with E-state index in [0.29, 0.717) is 22.8 Å². The highest BCUT2D eigenvalue weighted by Gasteiger charge is 2.30. The van der Waals surface area contributed by atoms with Gasteiger partial charge in [-0.1, -0.05) is 34.6 Å². The van der Waals surface area contributed by atoms with Crippen molar-refractivity contribution in [3.63, 3.8) is 0 Å². The summed E-state index contributed by atoms with van der Waals surface area (Å²) in [5, 5.41) is 10.6. The fraction of sp³-hybridized carbons (Fsp3) is 0.407. The van der Waals surface area contributed by atoms with Gasteiger partial charge in [0.15, 0.2) is 11.6 Å². The van der Waals surface area contributed by atoms with Gasteiger partial charge in [-0.25, -0.2) is 18.7 Å². The number of nitrogens with two attached hydrogens (primary N) is 1. The van der Waals surface area contributed by atoms with E-state index in [4.69, 9.17) is 10.5 Å². The van der Waals surface area contributed by atoms with Gasteiger partial charge in [-0.15, -0.1) is 11.3 Å². The van der Waals surface area contributed by atoms with Crippen molar-refractivity contribution in [3.05, 3.63) is 40.7 Å². The third-order valence-electron chi connectivity index (χ3n) is 6.44. The second kappa shape index (κ2) is 10.9. The van der Waals surface area contributed by atoms with Crippen molar-refractivity contribution < 1.29 is 13.5 Å². The lowest BCUT2D eigenvalue weighted by molar-refractivity contribution is 0.135. The fourth-order valence-corrected chi connectivity index (χ4v) is 5.73. The van der Waals surface area contributed by atoms with Gasteiger partial charge in [0.05, 0.1) is 35.4 Å². The van der Waals surface area contributed by atoms with E-state index in [9.17, 15) is 9.65 Å². The monoisotopic (exact) mass is 524 g/mol. The Morgan fingerprint density at radius 2 is 1.86 bits per heavy atom. The Labute approximate surface area is 218 Å². The molecule has 0 aliphatic carbocycles. The molecule has 5 heterocycles. The van der Waals surface area contributed by atoms with Crippen molar-refractivity contribution >= 4 is 43.3 Å². The number of nitriles is 1. The average Bonchev–Trinajstić information content (AvgIpc) is 3.66. The standard InChI is InChI=1S/C23H18F2N6OS.2C2H6/c1-10-2-3-31(7-10)23-29-5-12-13-8-32-9-14(13)16(18(25)19(12)30-23)20-17-11(4-26)22(27)33-21(17)15(24)6-28-20;2*1-2/h5-6,10H,2-3,7-9,27H2,1H3;2*1-2H3. The lowest BCUT2D eigenvalue weighted by atomic mass is 9.94. The van der Waals surface area contributed by atoms with Gasteiger partial charge in [0, 0.05) is 35.6 Å². The summed E-state index contributed by atoms with van der Waals surface area (Å²) >= 11 is 0.955. The van der Waals surface area contributed by atoms with Crippen molar-refractivity contribution in [2.75, 3.05) is 23.7 Å². The molecular weight excluding hydrogens is 494 g/mol. The van der Waals surface area contributed by atoms with Crippen LogP contribution in [0, 0.1) is 28.9 Å². The molecule has 2 N–H and O–H groups in total. The first-order valence-corrected chi connectivity index (χ1v) is 13.4. The number of anilines is 2. The van der Waals surface area contributed by atoms with Gasteiger partial charge in [0.2, 0.25) is 5.95 Å². The average molecular weight is 525 g/mol. The lowest BCUT2D eigenvalue weighted by Gasteiger charge is -2.18. The van der Waals surface area contributed by atoms with E-state index in [2.05, 4.69) is 26.8 Å². The molecule has 1 atom stereocenters. The maximum atomic E-state index is 16.2. The Balaban J connectivity index is 0.000000765. The molecule has 0 amide bonds. The highest BCUT2D eigenvalue weighted by Crippen LogP contribution is 2.45. The van der Waals surface area contributed by atoms with Gasteiger partial charge >= 0.3 is 0 Å². The third-order valence-corrected chi connectivity index (χ3v) is 7.47. The van der Waals surface area contributed by atoms with E-state index in [1.807, 2.05) is 33.8 Å². The minimum Gasteiger partial charge on any atom is -0.389 e. The maximum absolute atomic E-state index is 16.2. The lowest BCUT2D eigenvalue weighted by Crippen LogP contribution is -2.21. The first kappa shape index (κ1) is 26.6. The summed E-state index contributed by atoms with van der Waals surface area (Å²) in [5.74, 6) is -0.193. The van der Waals surface area contributed by atoms with Crippen molar-refractivity contribution in [1.29, 1.82) is 5.26 Å². The Bertz CT molecular complexity index is 1510. The summed E-state index contributed by atoms with van der Waals surface area (Å²) in [6, 6.07) is 2.02. The molecule has 4 aromatic rings. The third kappa shape index (κ3) is 4.36. The van der Waals surface area contributed by atoms with Crippen LogP contribution in [0.25, 0.3) is 32.2 Å². The molecule has 1 unspecified atom stereocenters. The minimum absolute atomic E-state index is 0.0959. The number of nitrogens with zero attached hydrogens (tertiary/aromatic N) is 5. The van der Waals surface area contributed by atoms with Crippen LogP contribution in [0.15, 0.2) is 12.4 Å². The highest BCUT2D eigenvalue weighted by molar-refractivity contribution is 7.23. The number of pyridine rings is 1. The molecule has 2 aliphatic rings. The van der Waals surface area contributed by atoms with Crippen LogP contribution in [-0.4, -0.2) is 28.0 Å². The summed E-state index contributed by atoms with van der Waals surface area (Å²) in [4.78, 5) is 15.4. The number of fused-ring (bicyclic) bond motifs is 4. The number of halogens is 2. The number of thiophene rings is 1. The summed E-state index contributed by atoms with van der Waals surface area (Å²) in [6.45, 7) is 12.2. The van der Waals surface area contributed by atoms with E-state index in [1.165, 1.54) is 0 Å². The van der Waals surface area contributed by atoms with Gasteiger partial charge in [0.1, 0.15) is 16.6 Å². The van der Waals surface area contributed by atoms with Gasteiger partial charge in [-0.2, -0.15) is 5.26 Å². The summed E-state index contributed by atoms with van der Waals surface area (Å²) in [7, 11) is 0. The molecule has 37 heavy (non-hydrogen) atoms. The van der Waals surface area contributed by atoms with Crippen LogP contribution in [0.3, 0.4) is 0 Å². The second-order valence-electron chi connectivity index (χ2n) is 8.52. The predicted molar refractivity (Wildman–Crippen MR) is 144 cm³/mol. The number of benzene rings is 1. The molecule has 1 aromatic carbocycles. The fourth-order valence-electron chi connectivity index (χ4n) is 4.81. The van der Waals surface area contributed by atoms with E-state index in [1.54, 1.807) is 6.20 Å². The summed E-state index contributed by atoms with van der Waals surface area (Å²) in [6.07, 6.45) is 3.72. The zero-order chi connectivity index (χ0) is 26.9. The number of rotatable bonds is 2. The molecule has 10 heteroatoms. The van der Waals surface area contributed by atoms with Gasteiger partial charge < -0.3 is 15.4 Å². The Hall–Kier alpha value is -3.42. The molecule has 0 spiro atoms. The van der Waals surface area contributed by atoms with Crippen LogP contribution in [-0.2, 0) is 18.0 Å². The number of hydrogen-bond donors (Lipinski definition) is 1. The van der Waals surface area contributed by atoms with E-state index in [-0.39, 0.29) is 50.6 Å². The van der Waals surface area contributed by atoms with Crippen LogP contribution in [0.1, 0.15) is 57.7 Å². The molecule has 0 bridgehead atoms. The van der Waals surface area contributed by atoms with E-state index in [0.717, 1.165) is 42.6 Å². The first-order chi connectivity index (χ1) is 18.0. The molecule has 6 rings (SSSR count). The van der Waals surface area contributed by atoms with Crippen LogP contribution in [0.4, 0.5) is 19.7 Å². The quantitative estimate of drug-likeness (QED) is 0.317. The molecule has 1 fully saturated rings. The molecule has 0 radical (unpaired) electrons. The molecule has 7 nitrogen and oxygen atoms in total. The molecule has 0 saturated carbocycles. The molecule has 2 aliphatic heterocycles. The second-order valence-corrected chi connectivity index (χ2v) is 9.58. The predicted octanol–water partition coefficient (Wildman–Crippen LogP) is 6.57. The first-order valence-electron chi connectivity index (χ1n) is 12.6. The molecule has 1 saturated heterocycles. The molecule has 3 aromatic heterocycles. The topological polar surface area (TPSA) is 101 Å². The number of ether oxygens (including phenoxy) is 1. The SMILES string of the molecule is CC.CC.CC1CCN(c2ncc3c4c(c(-c5ncc(F)c6sc(N)c(C#N)c56)c(F)c3n2)COC4)C1. The van der Waals surface area contributed by atoms with Crippen molar-refractivity contribution in [3.8, 4) is 17.3 Å². The molecule has 194 valence electrons. The van der Waals surface area contributed by atoms with E-state index < -0.39 is 11.6 Å². The number of aromatic nitrogens is 3. The van der Waals surface area contributed by atoms with Gasteiger partial charge in [0.25, 0.3) is 0 Å². The van der Waals surface area contributed by atoms with Gasteiger partial charge in [-0.05, 0) is 23.5 Å². The Morgan fingerprint density at radius 1 is 1.14 bits per heavy atom. The number of hydrogen-bond acceptors (Lipinski definition) is 8. The van der Waals surface area contributed by atoms with Crippen molar-refractivity contribution in [2.45, 2.75) is 54.3 Å². The van der Waals surface area contributed by atoms with Crippen LogP contribution < -0.4 is 10.6 Å². The zero-order valence-electron chi connectivity index (χ0n) is 21.7. The smallest absolute Gasteiger partial charge is 0.225 e. The zero-order valence-corrected chi connectivity index (χ0v) is 22.5. The highest BCUT2D eigenvalue weighted by atomic mass is 32.1. The van der Waals surface area contributed by atoms with Crippen molar-refractivity contribution in [1.82, 2.24) is 15.0 Å². The largest absolute Gasteiger partial charge is 0.389 e. The summed E-state index contributed by atoms with van der Waals surface area (Å²) in [5.41, 5.74) is 7.98. The number of nitrogen functional groups attached to an aromatic ring is 1. The van der Waals surface area contributed by atoms with Crippen molar-refractivity contribution in [2.24, 2.45) is 5.92 Å². The Kier molecular flexibility index (Phi) is 7.85. The van der Waals surface area contributed by atoms with Crippen LogP contribution in [0.5, 0.6) is 0 Å². The summed E-state index contributed by atoms with van der Waals surface area (Å²) < 4.78 is 36.6. The van der Waals surface area contributed by atoms with Gasteiger partial charge in [-0.3, -0.25) is 4.98 Å². The molecular formula is C27H30F2N6OS. The van der Waals surface area contributed by atoms with E-state index >= 15 is 4.39 Å². The minimum atomic E-state index is -0.603. The van der Waals surface area contributed by atoms with Crippen LogP contribution >= 0.6 is 11.3 Å².